The Morgan fingerprint density at radius 3 is 2.52 bits per heavy atom. The van der Waals surface area contributed by atoms with Crippen molar-refractivity contribution >= 4 is 12.0 Å². The monoisotopic (exact) mass is 458 g/mol. The van der Waals surface area contributed by atoms with Crippen molar-refractivity contribution < 1.29 is 33.2 Å². The second kappa shape index (κ2) is 10.0. The fraction of sp³-hybridized carbons (Fsp3) is 0.500. The van der Waals surface area contributed by atoms with E-state index in [-0.39, 0.29) is 17.8 Å². The third-order valence-corrected chi connectivity index (χ3v) is 5.82. The molecule has 0 aliphatic carbocycles. The zero-order valence-electron chi connectivity index (χ0n) is 20.5. The van der Waals surface area contributed by atoms with E-state index in [2.05, 4.69) is 13.8 Å². The number of carbonyl (C=O) groups is 1. The third kappa shape index (κ3) is 6.18. The van der Waals surface area contributed by atoms with E-state index in [0.29, 0.717) is 30.3 Å². The first-order valence-corrected chi connectivity index (χ1v) is 11.0. The summed E-state index contributed by atoms with van der Waals surface area (Å²) in [6.45, 7) is 10.8. The van der Waals surface area contributed by atoms with Crippen LogP contribution in [0.25, 0.3) is 6.08 Å². The van der Waals surface area contributed by atoms with Crippen LogP contribution >= 0.6 is 0 Å². The van der Waals surface area contributed by atoms with Gasteiger partial charge < -0.3 is 28.4 Å². The summed E-state index contributed by atoms with van der Waals surface area (Å²) in [5.74, 6) is 0.883. The normalized spacial score (nSPS) is 23.7. The second-order valence-electron chi connectivity index (χ2n) is 9.22. The van der Waals surface area contributed by atoms with E-state index in [4.69, 9.17) is 28.4 Å². The zero-order chi connectivity index (χ0) is 24.2. The first-order chi connectivity index (χ1) is 15.6. The fourth-order valence-electron chi connectivity index (χ4n) is 3.49. The molecule has 2 heterocycles. The Morgan fingerprint density at radius 1 is 1.15 bits per heavy atom. The molecule has 3 rings (SSSR count). The number of carbonyl (C=O) groups excluding carboxylic acids is 1. The van der Waals surface area contributed by atoms with Gasteiger partial charge in [0.05, 0.1) is 38.3 Å². The van der Waals surface area contributed by atoms with Crippen molar-refractivity contribution in [2.24, 2.45) is 0 Å². The molecular weight excluding hydrogens is 424 g/mol. The number of fused-ring (bicyclic) bond motifs is 1. The van der Waals surface area contributed by atoms with E-state index in [9.17, 15) is 4.79 Å². The highest BCUT2D eigenvalue weighted by atomic mass is 16.6. The van der Waals surface area contributed by atoms with Crippen LogP contribution in [0.1, 0.15) is 40.2 Å². The number of rotatable bonds is 8. The van der Waals surface area contributed by atoms with Crippen molar-refractivity contribution in [2.45, 2.75) is 58.0 Å². The molecule has 0 aromatic heterocycles. The maximum absolute atomic E-state index is 11.9. The van der Waals surface area contributed by atoms with Crippen LogP contribution in [-0.4, -0.2) is 56.8 Å². The molecule has 0 saturated carbocycles. The molecule has 1 aromatic rings. The molecule has 1 fully saturated rings. The van der Waals surface area contributed by atoms with Gasteiger partial charge in [0.2, 0.25) is 0 Å². The SMILES string of the molecule is COC=C(C(=O)OC)C(C)=CC=Cc1ccc2c(c1)OC(C)(C)C(OCC1OC1(C)C)CO2. The van der Waals surface area contributed by atoms with Crippen molar-refractivity contribution in [3.63, 3.8) is 0 Å². The topological polar surface area (TPSA) is 75.8 Å². The van der Waals surface area contributed by atoms with Gasteiger partial charge in [0.1, 0.15) is 24.4 Å². The Labute approximate surface area is 195 Å². The second-order valence-corrected chi connectivity index (χ2v) is 9.22. The number of benzene rings is 1. The van der Waals surface area contributed by atoms with Crippen LogP contribution in [0.5, 0.6) is 11.5 Å². The Hall–Kier alpha value is -2.77. The molecule has 33 heavy (non-hydrogen) atoms. The zero-order valence-corrected chi connectivity index (χ0v) is 20.5. The molecule has 7 heteroatoms. The molecule has 0 N–H and O–H groups in total. The summed E-state index contributed by atoms with van der Waals surface area (Å²) in [6, 6.07) is 5.77. The number of esters is 1. The summed E-state index contributed by atoms with van der Waals surface area (Å²) in [5.41, 5.74) is 1.31. The summed E-state index contributed by atoms with van der Waals surface area (Å²) in [5, 5.41) is 0. The van der Waals surface area contributed by atoms with E-state index >= 15 is 0 Å². The van der Waals surface area contributed by atoms with Gasteiger partial charge in [-0.1, -0.05) is 24.3 Å². The molecule has 0 radical (unpaired) electrons. The van der Waals surface area contributed by atoms with E-state index in [0.717, 1.165) is 11.1 Å². The average molecular weight is 459 g/mol. The van der Waals surface area contributed by atoms with E-state index < -0.39 is 11.6 Å². The van der Waals surface area contributed by atoms with Gasteiger partial charge >= 0.3 is 5.97 Å². The number of ether oxygens (including phenoxy) is 6. The highest BCUT2D eigenvalue weighted by Crippen LogP contribution is 2.39. The minimum atomic E-state index is -0.580. The largest absolute Gasteiger partial charge is 0.503 e. The van der Waals surface area contributed by atoms with E-state index in [1.54, 1.807) is 0 Å². The highest BCUT2D eigenvalue weighted by Gasteiger charge is 2.49. The van der Waals surface area contributed by atoms with E-state index in [1.165, 1.54) is 20.5 Å². The predicted octanol–water partition coefficient (Wildman–Crippen LogP) is 4.46. The number of epoxide rings is 1. The summed E-state index contributed by atoms with van der Waals surface area (Å²) in [4.78, 5) is 11.9. The number of allylic oxidation sites excluding steroid dienone is 2. The maximum Gasteiger partial charge on any atom is 0.341 e. The van der Waals surface area contributed by atoms with Crippen molar-refractivity contribution in [1.29, 1.82) is 0 Å². The first kappa shape index (κ1) is 24.9. The van der Waals surface area contributed by atoms with Crippen LogP contribution in [0, 0.1) is 0 Å². The smallest absolute Gasteiger partial charge is 0.341 e. The molecule has 2 unspecified atom stereocenters. The van der Waals surface area contributed by atoms with Crippen LogP contribution in [0.3, 0.4) is 0 Å². The Kier molecular flexibility index (Phi) is 7.55. The Morgan fingerprint density at radius 2 is 1.88 bits per heavy atom. The standard InChI is InChI=1S/C26H34O7/c1-17(19(14-28-6)24(27)29-7)9-8-10-18-11-12-20-21(13-18)32-25(2,3)22(15-30-20)31-16-23-26(4,5)33-23/h8-14,22-23H,15-16H2,1-7H3. The number of hydrogen-bond donors (Lipinski definition) is 0. The quantitative estimate of drug-likeness (QED) is 0.187. The molecule has 1 aromatic carbocycles. The number of hydrogen-bond acceptors (Lipinski definition) is 7. The molecule has 1 saturated heterocycles. The molecule has 2 aliphatic heterocycles. The molecule has 2 aliphatic rings. The molecule has 0 bridgehead atoms. The lowest BCUT2D eigenvalue weighted by Gasteiger charge is -2.31. The van der Waals surface area contributed by atoms with Crippen molar-refractivity contribution in [1.82, 2.24) is 0 Å². The minimum absolute atomic E-state index is 0.102. The van der Waals surface area contributed by atoms with Gasteiger partial charge in [-0.2, -0.15) is 0 Å². The Balaban J connectivity index is 1.69. The summed E-state index contributed by atoms with van der Waals surface area (Å²) >= 11 is 0. The molecule has 180 valence electrons. The van der Waals surface area contributed by atoms with Gasteiger partial charge in [0.25, 0.3) is 0 Å². The van der Waals surface area contributed by atoms with Crippen LogP contribution in [0.15, 0.2) is 47.8 Å². The average Bonchev–Trinajstić information content (AvgIpc) is 3.40. The Bertz CT molecular complexity index is 955. The van der Waals surface area contributed by atoms with Crippen LogP contribution in [0.2, 0.25) is 0 Å². The molecule has 7 nitrogen and oxygen atoms in total. The van der Waals surface area contributed by atoms with Crippen LogP contribution in [0.4, 0.5) is 0 Å². The third-order valence-electron chi connectivity index (χ3n) is 5.82. The summed E-state index contributed by atoms with van der Waals surface area (Å²) in [6.07, 6.45) is 6.84. The lowest BCUT2D eigenvalue weighted by atomic mass is 10.0. The first-order valence-electron chi connectivity index (χ1n) is 11.0. The van der Waals surface area contributed by atoms with Gasteiger partial charge in [-0.3, -0.25) is 0 Å². The van der Waals surface area contributed by atoms with E-state index in [1.807, 2.05) is 57.2 Å². The van der Waals surface area contributed by atoms with Gasteiger partial charge in [-0.05, 0) is 57.9 Å². The molecule has 2 atom stereocenters. The summed E-state index contributed by atoms with van der Waals surface area (Å²) < 4.78 is 33.8. The van der Waals surface area contributed by atoms with Gasteiger partial charge in [0, 0.05) is 0 Å². The fourth-order valence-corrected chi connectivity index (χ4v) is 3.49. The molecule has 0 amide bonds. The predicted molar refractivity (Wildman–Crippen MR) is 125 cm³/mol. The van der Waals surface area contributed by atoms with Gasteiger partial charge in [-0.25, -0.2) is 4.79 Å². The van der Waals surface area contributed by atoms with Crippen molar-refractivity contribution in [2.75, 3.05) is 27.4 Å². The lowest BCUT2D eigenvalue weighted by molar-refractivity contribution is -0.135. The van der Waals surface area contributed by atoms with Crippen molar-refractivity contribution in [3.8, 4) is 11.5 Å². The maximum atomic E-state index is 11.9. The highest BCUT2D eigenvalue weighted by molar-refractivity contribution is 5.93. The van der Waals surface area contributed by atoms with Crippen LogP contribution < -0.4 is 9.47 Å². The van der Waals surface area contributed by atoms with Crippen molar-refractivity contribution in [3.05, 3.63) is 53.3 Å². The molecular formula is C26H34O7. The van der Waals surface area contributed by atoms with Gasteiger partial charge in [-0.15, -0.1) is 0 Å². The lowest BCUT2D eigenvalue weighted by Crippen LogP contribution is -2.46. The molecule has 0 spiro atoms. The number of methoxy groups -OCH3 is 2. The minimum Gasteiger partial charge on any atom is -0.503 e. The van der Waals surface area contributed by atoms with Crippen LogP contribution in [-0.2, 0) is 23.7 Å². The van der Waals surface area contributed by atoms with Gasteiger partial charge in [0.15, 0.2) is 11.5 Å². The summed E-state index contributed by atoms with van der Waals surface area (Å²) in [7, 11) is 2.83.